The number of hydrogen-bond acceptors (Lipinski definition) is 12. The molecule has 0 bridgehead atoms. The van der Waals surface area contributed by atoms with Gasteiger partial charge in [-0.15, -0.1) is 11.3 Å². The predicted octanol–water partition coefficient (Wildman–Crippen LogP) is 6.38. The van der Waals surface area contributed by atoms with Gasteiger partial charge in [-0.05, 0) is 35.9 Å². The Morgan fingerprint density at radius 3 is 2.25 bits per heavy atom. The first-order valence-corrected chi connectivity index (χ1v) is 17.2. The summed E-state index contributed by atoms with van der Waals surface area (Å²) in [5.74, 6) is -2.27. The molecule has 0 aliphatic carbocycles. The molecular weight excluding hydrogens is 745 g/mol. The second-order valence-corrected chi connectivity index (χ2v) is 12.6. The van der Waals surface area contributed by atoms with Gasteiger partial charge in [0, 0.05) is 17.6 Å². The summed E-state index contributed by atoms with van der Waals surface area (Å²) in [5.41, 5.74) is -0.634. The van der Waals surface area contributed by atoms with Crippen LogP contribution in [0.25, 0.3) is 10.2 Å². The van der Waals surface area contributed by atoms with Crippen molar-refractivity contribution in [3.63, 3.8) is 0 Å². The van der Waals surface area contributed by atoms with E-state index < -0.39 is 35.8 Å². The summed E-state index contributed by atoms with van der Waals surface area (Å²) >= 11 is 2.31. The number of alkyl halides is 3. The van der Waals surface area contributed by atoms with Crippen LogP contribution in [0.2, 0.25) is 0 Å². The highest BCUT2D eigenvalue weighted by Crippen LogP contribution is 2.37. The van der Waals surface area contributed by atoms with E-state index in [0.29, 0.717) is 15.3 Å². The maximum Gasteiger partial charge on any atom is 0.416 e. The summed E-state index contributed by atoms with van der Waals surface area (Å²) in [7, 11) is 0. The van der Waals surface area contributed by atoms with Crippen LogP contribution in [0.5, 0.6) is 11.5 Å². The zero-order valence-electron chi connectivity index (χ0n) is 27.3. The van der Waals surface area contributed by atoms with Gasteiger partial charge in [0.25, 0.3) is 11.8 Å². The highest BCUT2D eigenvalue weighted by Gasteiger charge is 2.30. The number of thiazole rings is 2. The van der Waals surface area contributed by atoms with Gasteiger partial charge in [0.05, 0.1) is 54.3 Å². The maximum absolute atomic E-state index is 14.6. The monoisotopic (exact) mass is 772 g/mol. The van der Waals surface area contributed by atoms with E-state index in [1.54, 1.807) is 17.6 Å². The predicted molar refractivity (Wildman–Crippen MR) is 186 cm³/mol. The highest BCUT2D eigenvalue weighted by atomic mass is 32.1. The number of carbonyl (C=O) groups excluding carboxylic acids is 3. The molecule has 3 N–H and O–H groups in total. The summed E-state index contributed by atoms with van der Waals surface area (Å²) in [6.45, 7) is 0.241. The van der Waals surface area contributed by atoms with E-state index in [0.717, 1.165) is 29.5 Å². The summed E-state index contributed by atoms with van der Waals surface area (Å²) in [6, 6.07) is 12.8. The number of amides is 3. The van der Waals surface area contributed by atoms with Crippen molar-refractivity contribution in [2.45, 2.75) is 12.6 Å². The molecule has 3 amide bonds. The van der Waals surface area contributed by atoms with Crippen molar-refractivity contribution in [3.05, 3.63) is 88.7 Å². The summed E-state index contributed by atoms with van der Waals surface area (Å²) in [5, 5.41) is 19.9. The molecule has 5 rings (SSSR count). The molecular formula is C34H28F4N6O7S2. The molecule has 53 heavy (non-hydrogen) atoms. The van der Waals surface area contributed by atoms with Crippen LogP contribution in [0.3, 0.4) is 0 Å². The van der Waals surface area contributed by atoms with Crippen molar-refractivity contribution in [1.29, 1.82) is 5.26 Å². The molecule has 0 aliphatic rings. The van der Waals surface area contributed by atoms with Crippen LogP contribution in [-0.2, 0) is 41.2 Å². The van der Waals surface area contributed by atoms with Gasteiger partial charge in [-0.2, -0.15) is 18.4 Å². The zero-order valence-corrected chi connectivity index (χ0v) is 29.0. The van der Waals surface area contributed by atoms with Gasteiger partial charge >= 0.3 is 6.18 Å². The fourth-order valence-electron chi connectivity index (χ4n) is 4.51. The lowest BCUT2D eigenvalue weighted by Crippen LogP contribution is -2.21. The van der Waals surface area contributed by atoms with Crippen molar-refractivity contribution in [2.24, 2.45) is 0 Å². The molecule has 0 unspecified atom stereocenters. The van der Waals surface area contributed by atoms with Crippen LogP contribution in [0.4, 0.5) is 33.5 Å². The maximum atomic E-state index is 14.6. The van der Waals surface area contributed by atoms with Crippen LogP contribution in [0.15, 0.2) is 66.2 Å². The van der Waals surface area contributed by atoms with Crippen molar-refractivity contribution in [2.75, 3.05) is 55.6 Å². The van der Waals surface area contributed by atoms with E-state index in [4.69, 9.17) is 18.9 Å². The number of carbonyl (C=O) groups is 3. The van der Waals surface area contributed by atoms with E-state index in [-0.39, 0.29) is 79.0 Å². The molecule has 2 aromatic heterocycles. The van der Waals surface area contributed by atoms with Gasteiger partial charge in [0.2, 0.25) is 5.91 Å². The van der Waals surface area contributed by atoms with Gasteiger partial charge in [-0.25, -0.2) is 14.4 Å². The second-order valence-electron chi connectivity index (χ2n) is 10.7. The van der Waals surface area contributed by atoms with Crippen molar-refractivity contribution in [1.82, 2.24) is 9.97 Å². The van der Waals surface area contributed by atoms with E-state index >= 15 is 0 Å². The standard InChI is InChI=1S/C34H28F4N6O7S2/c35-24-5-4-22(16-26(24)41-28(45)15-20-2-1-3-21(14-20)34(36,37)38)51-27-7-6-25-31(23(27)17-39)53-33(42-25)44-30(47)19-50-12-10-48-9-11-49-18-29(46)43-32-40-8-13-52-32/h1-8,13-14,16H,9-12,15,18-19H2,(H,41,45)(H,40,43,46)(H,42,44,47). The lowest BCUT2D eigenvalue weighted by atomic mass is 10.1. The molecule has 19 heteroatoms. The molecule has 0 saturated heterocycles. The van der Waals surface area contributed by atoms with Crippen LogP contribution >= 0.6 is 22.7 Å². The fourth-order valence-corrected chi connectivity index (χ4v) is 6.02. The number of benzene rings is 3. The van der Waals surface area contributed by atoms with E-state index in [9.17, 15) is 37.2 Å². The SMILES string of the molecule is N#Cc1c(Oc2ccc(F)c(NC(=O)Cc3cccc(C(F)(F)F)c3)c2)ccc2nc(NC(=O)COCCOCCOCC(=O)Nc3nccs3)sc12. The third kappa shape index (κ3) is 11.5. The Kier molecular flexibility index (Phi) is 13.4. The molecule has 276 valence electrons. The Bertz CT molecular complexity index is 2110. The molecule has 3 aromatic carbocycles. The molecule has 2 heterocycles. The van der Waals surface area contributed by atoms with Gasteiger partial charge in [0.1, 0.15) is 42.2 Å². The number of hydrogen-bond donors (Lipinski definition) is 3. The normalized spacial score (nSPS) is 11.2. The van der Waals surface area contributed by atoms with Gasteiger partial charge in [-0.1, -0.05) is 29.5 Å². The van der Waals surface area contributed by atoms with Gasteiger partial charge < -0.3 is 24.3 Å². The number of nitriles is 1. The first-order chi connectivity index (χ1) is 25.5. The van der Waals surface area contributed by atoms with E-state index in [1.165, 1.54) is 41.7 Å². The molecule has 0 saturated carbocycles. The lowest BCUT2D eigenvalue weighted by Gasteiger charge is -2.12. The Balaban J connectivity index is 1.08. The Morgan fingerprint density at radius 2 is 1.57 bits per heavy atom. The van der Waals surface area contributed by atoms with Crippen molar-refractivity contribution in [3.8, 4) is 17.6 Å². The molecule has 0 radical (unpaired) electrons. The number of ether oxygens (including phenoxy) is 4. The number of aromatic nitrogens is 2. The first-order valence-electron chi connectivity index (χ1n) is 15.5. The largest absolute Gasteiger partial charge is 0.456 e. The fraction of sp³-hybridized carbons (Fsp3) is 0.235. The minimum atomic E-state index is -4.58. The van der Waals surface area contributed by atoms with Crippen LogP contribution in [0.1, 0.15) is 16.7 Å². The minimum Gasteiger partial charge on any atom is -0.456 e. The third-order valence-corrected chi connectivity index (χ3v) is 8.52. The smallest absolute Gasteiger partial charge is 0.416 e. The van der Waals surface area contributed by atoms with Crippen LogP contribution < -0.4 is 20.7 Å². The molecule has 0 fully saturated rings. The number of nitrogens with zero attached hydrogens (tertiary/aromatic N) is 3. The number of nitrogens with one attached hydrogen (secondary N) is 3. The number of anilines is 3. The quantitative estimate of drug-likeness (QED) is 0.0711. The number of fused-ring (bicyclic) bond motifs is 1. The Morgan fingerprint density at radius 1 is 0.849 bits per heavy atom. The number of halogens is 4. The first kappa shape index (κ1) is 38.7. The zero-order chi connectivity index (χ0) is 37.8. The molecule has 0 aliphatic heterocycles. The Hall–Kier alpha value is -5.52. The Labute approximate surface area is 306 Å². The topological polar surface area (TPSA) is 174 Å². The van der Waals surface area contributed by atoms with Crippen molar-refractivity contribution < 1.29 is 50.9 Å². The molecule has 5 aromatic rings. The minimum absolute atomic E-state index is 0.0540. The van der Waals surface area contributed by atoms with E-state index in [2.05, 4.69) is 25.9 Å². The number of rotatable bonds is 17. The lowest BCUT2D eigenvalue weighted by molar-refractivity contribution is -0.137. The third-order valence-electron chi connectivity index (χ3n) is 6.83. The molecule has 0 spiro atoms. The average Bonchev–Trinajstić information content (AvgIpc) is 3.78. The van der Waals surface area contributed by atoms with Gasteiger partial charge in [0.15, 0.2) is 10.3 Å². The summed E-state index contributed by atoms with van der Waals surface area (Å²) in [4.78, 5) is 45.0. The average molecular weight is 773 g/mol. The summed E-state index contributed by atoms with van der Waals surface area (Å²) in [6.07, 6.45) is -3.45. The van der Waals surface area contributed by atoms with E-state index in [1.807, 2.05) is 6.07 Å². The second kappa shape index (κ2) is 18.3. The highest BCUT2D eigenvalue weighted by molar-refractivity contribution is 7.22. The van der Waals surface area contributed by atoms with Gasteiger partial charge in [-0.3, -0.25) is 25.0 Å². The van der Waals surface area contributed by atoms with Crippen LogP contribution in [-0.4, -0.2) is 67.3 Å². The van der Waals surface area contributed by atoms with Crippen molar-refractivity contribution >= 4 is 66.6 Å². The molecule has 0 atom stereocenters. The molecule has 13 nitrogen and oxygen atoms in total. The van der Waals surface area contributed by atoms with Crippen LogP contribution in [0, 0.1) is 17.1 Å². The summed E-state index contributed by atoms with van der Waals surface area (Å²) < 4.78 is 75.9.